The van der Waals surface area contributed by atoms with Crippen molar-refractivity contribution in [3.63, 3.8) is 0 Å². The second kappa shape index (κ2) is 8.09. The zero-order valence-corrected chi connectivity index (χ0v) is 14.9. The molecule has 140 valence electrons. The van der Waals surface area contributed by atoms with Crippen LogP contribution in [-0.2, 0) is 0 Å². The maximum atomic E-state index is 14.1. The van der Waals surface area contributed by atoms with Gasteiger partial charge in [-0.1, -0.05) is 41.6 Å². The topological polar surface area (TPSA) is 58.4 Å². The number of carbonyl (C=O) groups excluding carboxylic acids is 1. The maximum Gasteiger partial charge on any atom is 0.273 e. The third kappa shape index (κ3) is 4.38. The van der Waals surface area contributed by atoms with Crippen LogP contribution in [0.25, 0.3) is 11.3 Å². The monoisotopic (exact) mass is 371 g/mol. The van der Waals surface area contributed by atoms with Crippen LogP contribution in [0, 0.1) is 11.6 Å². The zero-order chi connectivity index (χ0) is 19.4. The summed E-state index contributed by atoms with van der Waals surface area (Å²) in [4.78, 5) is 14.1. The molecule has 27 heavy (non-hydrogen) atoms. The first-order valence-electron chi connectivity index (χ1n) is 8.37. The summed E-state index contributed by atoms with van der Waals surface area (Å²) in [5.41, 5.74) is 1.24. The van der Waals surface area contributed by atoms with Crippen molar-refractivity contribution < 1.29 is 18.1 Å². The van der Waals surface area contributed by atoms with E-state index < -0.39 is 23.6 Å². The molecule has 1 amide bonds. The van der Waals surface area contributed by atoms with Crippen LogP contribution in [0.3, 0.4) is 0 Å². The molecule has 1 aromatic heterocycles. The molecular weight excluding hydrogens is 352 g/mol. The van der Waals surface area contributed by atoms with Crippen molar-refractivity contribution in [2.75, 3.05) is 20.6 Å². The molecule has 0 aliphatic rings. The van der Waals surface area contributed by atoms with E-state index in [1.807, 2.05) is 30.3 Å². The molecule has 0 aliphatic carbocycles. The van der Waals surface area contributed by atoms with Crippen molar-refractivity contribution in [3.05, 3.63) is 77.5 Å². The molecular formula is C20H19F2N3O2. The molecule has 0 saturated heterocycles. The molecule has 0 fully saturated rings. The van der Waals surface area contributed by atoms with E-state index in [-0.39, 0.29) is 12.2 Å². The largest absolute Gasteiger partial charge is 0.355 e. The summed E-state index contributed by atoms with van der Waals surface area (Å²) in [7, 11) is 3.51. The van der Waals surface area contributed by atoms with Crippen molar-refractivity contribution in [1.82, 2.24) is 15.4 Å². The Labute approximate surface area is 155 Å². The summed E-state index contributed by atoms with van der Waals surface area (Å²) in [6, 6.07) is 13.8. The van der Waals surface area contributed by atoms with Gasteiger partial charge in [-0.05, 0) is 20.2 Å². The van der Waals surface area contributed by atoms with E-state index in [4.69, 9.17) is 4.52 Å². The quantitative estimate of drug-likeness (QED) is 0.719. The third-order valence-electron chi connectivity index (χ3n) is 4.20. The van der Waals surface area contributed by atoms with E-state index in [0.717, 1.165) is 11.6 Å². The molecule has 0 spiro atoms. The van der Waals surface area contributed by atoms with Crippen LogP contribution in [0.4, 0.5) is 8.78 Å². The Bertz CT molecular complexity index is 926. The van der Waals surface area contributed by atoms with Gasteiger partial charge in [0.2, 0.25) is 0 Å². The Hall–Kier alpha value is -3.06. The van der Waals surface area contributed by atoms with E-state index in [9.17, 15) is 13.6 Å². The minimum absolute atomic E-state index is 0.127. The number of hydrogen-bond acceptors (Lipinski definition) is 4. The number of hydrogen-bond donors (Lipinski definition) is 1. The van der Waals surface area contributed by atoms with Crippen LogP contribution in [0.5, 0.6) is 0 Å². The zero-order valence-electron chi connectivity index (χ0n) is 14.9. The van der Waals surface area contributed by atoms with E-state index >= 15 is 0 Å². The fourth-order valence-electron chi connectivity index (χ4n) is 2.74. The van der Waals surface area contributed by atoms with Crippen LogP contribution >= 0.6 is 0 Å². The van der Waals surface area contributed by atoms with Gasteiger partial charge < -0.3 is 14.7 Å². The average molecular weight is 371 g/mol. The Kier molecular flexibility index (Phi) is 5.61. The summed E-state index contributed by atoms with van der Waals surface area (Å²) < 4.78 is 32.5. The number of halogens is 2. The number of benzene rings is 2. The fraction of sp³-hybridized carbons (Fsp3) is 0.200. The highest BCUT2D eigenvalue weighted by Gasteiger charge is 2.21. The first-order valence-corrected chi connectivity index (χ1v) is 8.37. The lowest BCUT2D eigenvalue weighted by atomic mass is 10.0. The van der Waals surface area contributed by atoms with Crippen molar-refractivity contribution >= 4 is 5.91 Å². The van der Waals surface area contributed by atoms with Gasteiger partial charge in [0.05, 0.1) is 6.04 Å². The van der Waals surface area contributed by atoms with Crippen LogP contribution in [0.1, 0.15) is 22.1 Å². The molecule has 0 bridgehead atoms. The van der Waals surface area contributed by atoms with Gasteiger partial charge in [-0.2, -0.15) is 0 Å². The van der Waals surface area contributed by atoms with Gasteiger partial charge in [-0.25, -0.2) is 8.78 Å². The van der Waals surface area contributed by atoms with E-state index in [2.05, 4.69) is 10.5 Å². The number of likely N-dealkylation sites (N-methyl/N-ethyl adjacent to an activating group) is 1. The van der Waals surface area contributed by atoms with Gasteiger partial charge in [0.15, 0.2) is 11.5 Å². The summed E-state index contributed by atoms with van der Waals surface area (Å²) in [5, 5.41) is 6.51. The van der Waals surface area contributed by atoms with Crippen molar-refractivity contribution in [3.8, 4) is 11.3 Å². The SMILES string of the molecule is CN(C)[C@@H](CNC(=O)c1cc(-c2ccccc2)on1)c1ccc(F)cc1F. The molecule has 0 saturated carbocycles. The minimum atomic E-state index is -0.657. The van der Waals surface area contributed by atoms with Gasteiger partial charge in [0.25, 0.3) is 5.91 Å². The van der Waals surface area contributed by atoms with Crippen LogP contribution in [0.2, 0.25) is 0 Å². The number of amides is 1. The first-order chi connectivity index (χ1) is 13.0. The van der Waals surface area contributed by atoms with E-state index in [1.54, 1.807) is 25.1 Å². The van der Waals surface area contributed by atoms with Crippen molar-refractivity contribution in [2.45, 2.75) is 6.04 Å². The Morgan fingerprint density at radius 1 is 1.15 bits per heavy atom. The molecule has 2 aromatic carbocycles. The molecule has 1 N–H and O–H groups in total. The van der Waals surface area contributed by atoms with Crippen molar-refractivity contribution in [2.24, 2.45) is 0 Å². The number of aromatic nitrogens is 1. The third-order valence-corrected chi connectivity index (χ3v) is 4.20. The molecule has 0 aliphatic heterocycles. The number of nitrogens with zero attached hydrogens (tertiary/aromatic N) is 2. The van der Waals surface area contributed by atoms with Crippen LogP contribution < -0.4 is 5.32 Å². The van der Waals surface area contributed by atoms with E-state index in [1.165, 1.54) is 12.1 Å². The second-order valence-electron chi connectivity index (χ2n) is 6.30. The Balaban J connectivity index is 1.71. The summed E-state index contributed by atoms with van der Waals surface area (Å²) in [5.74, 6) is -1.26. The Morgan fingerprint density at radius 2 is 1.89 bits per heavy atom. The maximum absolute atomic E-state index is 14.1. The Morgan fingerprint density at radius 3 is 2.56 bits per heavy atom. The number of carbonyl (C=O) groups is 1. The van der Waals surface area contributed by atoms with Crippen molar-refractivity contribution in [1.29, 1.82) is 0 Å². The molecule has 0 radical (unpaired) electrons. The predicted octanol–water partition coefficient (Wildman–Crippen LogP) is 3.65. The second-order valence-corrected chi connectivity index (χ2v) is 6.30. The fourth-order valence-corrected chi connectivity index (χ4v) is 2.74. The smallest absolute Gasteiger partial charge is 0.273 e. The van der Waals surface area contributed by atoms with Gasteiger partial charge in [-0.3, -0.25) is 4.79 Å². The summed E-state index contributed by atoms with van der Waals surface area (Å²) >= 11 is 0. The highest BCUT2D eigenvalue weighted by atomic mass is 19.1. The lowest BCUT2D eigenvalue weighted by molar-refractivity contribution is 0.0932. The lowest BCUT2D eigenvalue weighted by Gasteiger charge is -2.25. The normalized spacial score (nSPS) is 12.2. The molecule has 3 aromatic rings. The molecule has 3 rings (SSSR count). The van der Waals surface area contributed by atoms with Crippen LogP contribution in [-0.4, -0.2) is 36.6 Å². The average Bonchev–Trinajstić information content (AvgIpc) is 3.14. The highest BCUT2D eigenvalue weighted by Crippen LogP contribution is 2.22. The van der Waals surface area contributed by atoms with Gasteiger partial charge in [0, 0.05) is 29.8 Å². The number of nitrogens with one attached hydrogen (secondary N) is 1. The van der Waals surface area contributed by atoms with Crippen LogP contribution in [0.15, 0.2) is 59.1 Å². The molecule has 0 unspecified atom stereocenters. The van der Waals surface area contributed by atoms with Gasteiger partial charge in [0.1, 0.15) is 11.6 Å². The van der Waals surface area contributed by atoms with Gasteiger partial charge in [-0.15, -0.1) is 0 Å². The molecule has 1 heterocycles. The molecule has 7 heteroatoms. The predicted molar refractivity (Wildman–Crippen MR) is 97.1 cm³/mol. The minimum Gasteiger partial charge on any atom is -0.355 e. The summed E-state index contributed by atoms with van der Waals surface area (Å²) in [6.07, 6.45) is 0. The molecule has 1 atom stereocenters. The number of rotatable bonds is 6. The summed E-state index contributed by atoms with van der Waals surface area (Å²) in [6.45, 7) is 0.127. The van der Waals surface area contributed by atoms with E-state index in [0.29, 0.717) is 11.3 Å². The highest BCUT2D eigenvalue weighted by molar-refractivity contribution is 5.93. The standard InChI is InChI=1S/C20H19F2N3O2/c1-25(2)18(15-9-8-14(21)10-16(15)22)12-23-20(26)17-11-19(27-24-17)13-6-4-3-5-7-13/h3-11,18H,12H2,1-2H3,(H,23,26)/t18-/m0/s1. The van der Waals surface area contributed by atoms with Gasteiger partial charge >= 0.3 is 0 Å². The first kappa shape index (κ1) is 18.7. The lowest BCUT2D eigenvalue weighted by Crippen LogP contribution is -2.35. The molecule has 5 nitrogen and oxygen atoms in total.